The zero-order valence-electron chi connectivity index (χ0n) is 9.11. The van der Waals surface area contributed by atoms with E-state index < -0.39 is 24.5 Å². The lowest BCUT2D eigenvalue weighted by Gasteiger charge is -2.12. The van der Waals surface area contributed by atoms with Gasteiger partial charge in [-0.1, -0.05) is 15.9 Å². The molecule has 5 nitrogen and oxygen atoms in total. The van der Waals surface area contributed by atoms with Gasteiger partial charge in [0.25, 0.3) is 5.91 Å². The van der Waals surface area contributed by atoms with Crippen molar-refractivity contribution < 1.29 is 19.8 Å². The predicted octanol–water partition coefficient (Wildman–Crippen LogP) is 0.933. The third-order valence-corrected chi connectivity index (χ3v) is 2.55. The number of halogens is 1. The minimum absolute atomic E-state index is 0.344. The van der Waals surface area contributed by atoms with Crippen molar-refractivity contribution in [2.75, 3.05) is 6.61 Å². The summed E-state index contributed by atoms with van der Waals surface area (Å²) in [6, 6.07) is 3.76. The van der Waals surface area contributed by atoms with Gasteiger partial charge in [-0.05, 0) is 30.7 Å². The van der Waals surface area contributed by atoms with Crippen LogP contribution in [0.1, 0.15) is 15.9 Å². The molecule has 0 fully saturated rings. The second-order valence-corrected chi connectivity index (χ2v) is 4.48. The fourth-order valence-corrected chi connectivity index (χ4v) is 1.90. The summed E-state index contributed by atoms with van der Waals surface area (Å²) < 4.78 is 0.735. The molecule has 17 heavy (non-hydrogen) atoms. The molecule has 0 bridgehead atoms. The highest BCUT2D eigenvalue weighted by Crippen LogP contribution is 2.15. The predicted molar refractivity (Wildman–Crippen MR) is 64.9 cm³/mol. The van der Waals surface area contributed by atoms with Gasteiger partial charge in [-0.2, -0.15) is 0 Å². The summed E-state index contributed by atoms with van der Waals surface area (Å²) >= 11 is 3.25. The lowest BCUT2D eigenvalue weighted by atomic mass is 10.1. The molecule has 0 saturated carbocycles. The Labute approximate surface area is 107 Å². The molecule has 3 N–H and O–H groups in total. The lowest BCUT2D eigenvalue weighted by Crippen LogP contribution is -2.43. The van der Waals surface area contributed by atoms with Crippen LogP contribution in [-0.2, 0) is 4.79 Å². The molecule has 92 valence electrons. The lowest BCUT2D eigenvalue weighted by molar-refractivity contribution is -0.140. The van der Waals surface area contributed by atoms with Crippen molar-refractivity contribution in [2.24, 2.45) is 0 Å². The van der Waals surface area contributed by atoms with Gasteiger partial charge in [-0.25, -0.2) is 4.79 Å². The normalized spacial score (nSPS) is 11.9. The van der Waals surface area contributed by atoms with Crippen molar-refractivity contribution in [3.05, 3.63) is 33.8 Å². The van der Waals surface area contributed by atoms with Crippen LogP contribution in [0.2, 0.25) is 0 Å². The summed E-state index contributed by atoms with van der Waals surface area (Å²) in [7, 11) is 0. The number of benzene rings is 1. The molecule has 0 heterocycles. The molecule has 1 amide bonds. The number of aliphatic carboxylic acids is 1. The summed E-state index contributed by atoms with van der Waals surface area (Å²) in [5.41, 5.74) is 1.22. The highest BCUT2D eigenvalue weighted by molar-refractivity contribution is 9.10. The standard InChI is InChI=1S/C11H12BrNO4/c1-6-2-7(4-8(12)3-6)10(15)13-9(5-14)11(16)17/h2-4,9,14H,5H2,1H3,(H,13,15)(H,16,17). The quantitative estimate of drug-likeness (QED) is 0.772. The van der Waals surface area contributed by atoms with E-state index in [4.69, 9.17) is 10.2 Å². The first-order valence-corrected chi connectivity index (χ1v) is 5.65. The molecular weight excluding hydrogens is 290 g/mol. The van der Waals surface area contributed by atoms with Gasteiger partial charge in [0.2, 0.25) is 0 Å². The summed E-state index contributed by atoms with van der Waals surface area (Å²) in [5.74, 6) is -1.80. The first-order chi connectivity index (χ1) is 7.93. The number of carbonyl (C=O) groups excluding carboxylic acids is 1. The molecule has 0 aromatic heterocycles. The average Bonchev–Trinajstić information content (AvgIpc) is 2.23. The fourth-order valence-electron chi connectivity index (χ4n) is 1.29. The molecular formula is C11H12BrNO4. The molecule has 0 aliphatic rings. The average molecular weight is 302 g/mol. The monoisotopic (exact) mass is 301 g/mol. The molecule has 0 spiro atoms. The molecule has 1 unspecified atom stereocenters. The van der Waals surface area contributed by atoms with E-state index in [0.29, 0.717) is 5.56 Å². The Hall–Kier alpha value is -1.40. The zero-order chi connectivity index (χ0) is 13.0. The number of aryl methyl sites for hydroxylation is 1. The van der Waals surface area contributed by atoms with E-state index in [9.17, 15) is 9.59 Å². The molecule has 0 saturated heterocycles. The number of rotatable bonds is 4. The molecule has 1 aromatic rings. The van der Waals surface area contributed by atoms with Crippen LogP contribution in [0.15, 0.2) is 22.7 Å². The van der Waals surface area contributed by atoms with Crippen LogP contribution in [0.4, 0.5) is 0 Å². The van der Waals surface area contributed by atoms with Crippen LogP contribution in [0, 0.1) is 6.92 Å². The third-order valence-electron chi connectivity index (χ3n) is 2.09. The molecule has 0 radical (unpaired) electrons. The van der Waals surface area contributed by atoms with Crippen molar-refractivity contribution in [1.29, 1.82) is 0 Å². The minimum atomic E-state index is -1.29. The van der Waals surface area contributed by atoms with E-state index in [1.807, 2.05) is 13.0 Å². The van der Waals surface area contributed by atoms with Crippen LogP contribution < -0.4 is 5.32 Å². The van der Waals surface area contributed by atoms with Crippen LogP contribution in [0.3, 0.4) is 0 Å². The van der Waals surface area contributed by atoms with E-state index in [1.54, 1.807) is 12.1 Å². The Kier molecular flexibility index (Phi) is 4.65. The molecule has 1 atom stereocenters. The Bertz CT molecular complexity index is 427. The van der Waals surface area contributed by atoms with Crippen molar-refractivity contribution in [3.8, 4) is 0 Å². The minimum Gasteiger partial charge on any atom is -0.480 e. The number of aliphatic hydroxyl groups excluding tert-OH is 1. The zero-order valence-corrected chi connectivity index (χ0v) is 10.7. The number of aliphatic hydroxyl groups is 1. The van der Waals surface area contributed by atoms with Gasteiger partial charge < -0.3 is 15.5 Å². The van der Waals surface area contributed by atoms with Crippen LogP contribution in [-0.4, -0.2) is 34.7 Å². The second kappa shape index (κ2) is 5.79. The molecule has 1 rings (SSSR count). The Morgan fingerprint density at radius 2 is 2.06 bits per heavy atom. The summed E-state index contributed by atoms with van der Waals surface area (Å²) in [6.07, 6.45) is 0. The maximum Gasteiger partial charge on any atom is 0.328 e. The van der Waals surface area contributed by atoms with E-state index in [-0.39, 0.29) is 0 Å². The Balaban J connectivity index is 2.86. The van der Waals surface area contributed by atoms with Crippen LogP contribution in [0.25, 0.3) is 0 Å². The number of hydrogen-bond donors (Lipinski definition) is 3. The second-order valence-electron chi connectivity index (χ2n) is 3.56. The number of amides is 1. The van der Waals surface area contributed by atoms with Gasteiger partial charge in [0, 0.05) is 10.0 Å². The summed E-state index contributed by atoms with van der Waals surface area (Å²) in [6.45, 7) is 1.18. The van der Waals surface area contributed by atoms with Crippen molar-refractivity contribution in [3.63, 3.8) is 0 Å². The largest absolute Gasteiger partial charge is 0.480 e. The van der Waals surface area contributed by atoms with Crippen LogP contribution >= 0.6 is 15.9 Å². The number of carboxylic acid groups (broad SMARTS) is 1. The van der Waals surface area contributed by atoms with Crippen LogP contribution in [0.5, 0.6) is 0 Å². The first kappa shape index (κ1) is 13.7. The van der Waals surface area contributed by atoms with E-state index in [0.717, 1.165) is 10.0 Å². The van der Waals surface area contributed by atoms with E-state index in [2.05, 4.69) is 21.2 Å². The highest BCUT2D eigenvalue weighted by atomic mass is 79.9. The third kappa shape index (κ3) is 3.83. The highest BCUT2D eigenvalue weighted by Gasteiger charge is 2.19. The maximum atomic E-state index is 11.7. The number of carbonyl (C=O) groups is 2. The topological polar surface area (TPSA) is 86.6 Å². The molecule has 1 aromatic carbocycles. The van der Waals surface area contributed by atoms with Gasteiger partial charge in [0.1, 0.15) is 0 Å². The van der Waals surface area contributed by atoms with E-state index >= 15 is 0 Å². The molecule has 6 heteroatoms. The SMILES string of the molecule is Cc1cc(Br)cc(C(=O)NC(CO)C(=O)O)c1. The van der Waals surface area contributed by atoms with Gasteiger partial charge in [0.15, 0.2) is 6.04 Å². The van der Waals surface area contributed by atoms with Gasteiger partial charge in [0.05, 0.1) is 6.61 Å². The summed E-state index contributed by atoms with van der Waals surface area (Å²) in [4.78, 5) is 22.4. The maximum absolute atomic E-state index is 11.7. The number of hydrogen-bond acceptors (Lipinski definition) is 3. The Morgan fingerprint density at radius 3 is 2.53 bits per heavy atom. The van der Waals surface area contributed by atoms with Crippen molar-refractivity contribution >= 4 is 27.8 Å². The Morgan fingerprint density at radius 1 is 1.41 bits per heavy atom. The molecule has 0 aliphatic heterocycles. The van der Waals surface area contributed by atoms with Gasteiger partial charge >= 0.3 is 5.97 Å². The first-order valence-electron chi connectivity index (χ1n) is 4.85. The van der Waals surface area contributed by atoms with Gasteiger partial charge in [-0.3, -0.25) is 4.79 Å². The fraction of sp³-hybridized carbons (Fsp3) is 0.273. The van der Waals surface area contributed by atoms with Crippen molar-refractivity contribution in [2.45, 2.75) is 13.0 Å². The number of nitrogens with one attached hydrogen (secondary N) is 1. The number of carboxylic acids is 1. The smallest absolute Gasteiger partial charge is 0.328 e. The molecule has 0 aliphatic carbocycles. The van der Waals surface area contributed by atoms with Gasteiger partial charge in [-0.15, -0.1) is 0 Å². The summed E-state index contributed by atoms with van der Waals surface area (Å²) in [5, 5.41) is 19.7. The van der Waals surface area contributed by atoms with Crippen molar-refractivity contribution in [1.82, 2.24) is 5.32 Å². The van der Waals surface area contributed by atoms with E-state index in [1.165, 1.54) is 0 Å².